The fourth-order valence-electron chi connectivity index (χ4n) is 2.73. The lowest BCUT2D eigenvalue weighted by Gasteiger charge is -2.12. The fourth-order valence-corrected chi connectivity index (χ4v) is 2.73. The Labute approximate surface area is 95.5 Å². The van der Waals surface area contributed by atoms with Gasteiger partial charge in [-0.1, -0.05) is 30.4 Å². The highest BCUT2D eigenvalue weighted by atomic mass is 16.1. The maximum Gasteiger partial charge on any atom is 0.150 e. The van der Waals surface area contributed by atoms with Crippen LogP contribution in [-0.4, -0.2) is 6.29 Å². The number of hydrogen-bond donors (Lipinski definition) is 0. The van der Waals surface area contributed by atoms with Crippen LogP contribution >= 0.6 is 0 Å². The smallest absolute Gasteiger partial charge is 0.150 e. The Bertz CT molecular complexity index is 494. The van der Waals surface area contributed by atoms with E-state index >= 15 is 0 Å². The van der Waals surface area contributed by atoms with Crippen LogP contribution in [0.15, 0.2) is 36.4 Å². The Balaban J connectivity index is 2.15. The molecule has 0 aliphatic heterocycles. The van der Waals surface area contributed by atoms with Crippen LogP contribution in [0.1, 0.15) is 34.3 Å². The summed E-state index contributed by atoms with van der Waals surface area (Å²) >= 11 is 0. The maximum absolute atomic E-state index is 10.8. The Morgan fingerprint density at radius 2 is 2.25 bits per heavy atom. The molecular weight excluding hydrogens is 196 g/mol. The summed E-state index contributed by atoms with van der Waals surface area (Å²) in [4.78, 5) is 10.8. The van der Waals surface area contributed by atoms with Gasteiger partial charge >= 0.3 is 0 Å². The lowest BCUT2D eigenvalue weighted by atomic mass is 9.92. The van der Waals surface area contributed by atoms with Crippen molar-refractivity contribution in [3.05, 3.63) is 53.1 Å². The number of rotatable bonds is 1. The number of aldehydes is 1. The van der Waals surface area contributed by atoms with Crippen LogP contribution in [0, 0.1) is 5.92 Å². The van der Waals surface area contributed by atoms with E-state index in [-0.39, 0.29) is 0 Å². The second-order valence-corrected chi connectivity index (χ2v) is 4.54. The second kappa shape index (κ2) is 3.75. The van der Waals surface area contributed by atoms with Crippen LogP contribution in [0.3, 0.4) is 0 Å². The maximum atomic E-state index is 10.8. The molecule has 1 heteroatoms. The highest BCUT2D eigenvalue weighted by Gasteiger charge is 2.22. The molecule has 0 fully saturated rings. The summed E-state index contributed by atoms with van der Waals surface area (Å²) in [5, 5.41) is 0. The molecule has 16 heavy (non-hydrogen) atoms. The van der Waals surface area contributed by atoms with Gasteiger partial charge in [0.2, 0.25) is 0 Å². The highest BCUT2D eigenvalue weighted by molar-refractivity contribution is 5.82. The SMILES string of the molecule is O=Cc1ccc2c(c1)C1=CC=CC1CCC2. The molecule has 1 aromatic rings. The number of aryl methyl sites for hydroxylation is 1. The third-order valence-corrected chi connectivity index (χ3v) is 3.56. The van der Waals surface area contributed by atoms with E-state index < -0.39 is 0 Å². The molecule has 1 aromatic carbocycles. The van der Waals surface area contributed by atoms with E-state index in [0.29, 0.717) is 5.92 Å². The molecule has 2 aliphatic carbocycles. The quantitative estimate of drug-likeness (QED) is 0.649. The summed E-state index contributed by atoms with van der Waals surface area (Å²) in [6, 6.07) is 6.08. The van der Waals surface area contributed by atoms with Gasteiger partial charge in [-0.05, 0) is 42.0 Å². The van der Waals surface area contributed by atoms with Gasteiger partial charge in [0.25, 0.3) is 0 Å². The Hall–Kier alpha value is -1.63. The zero-order valence-corrected chi connectivity index (χ0v) is 9.15. The molecular formula is C15H14O. The topological polar surface area (TPSA) is 17.1 Å². The molecule has 2 aliphatic rings. The molecule has 0 amide bonds. The molecule has 3 rings (SSSR count). The molecule has 0 aromatic heterocycles. The third kappa shape index (κ3) is 1.44. The zero-order valence-electron chi connectivity index (χ0n) is 9.15. The number of carbonyl (C=O) groups is 1. The van der Waals surface area contributed by atoms with Gasteiger partial charge in [0, 0.05) is 11.5 Å². The van der Waals surface area contributed by atoms with Gasteiger partial charge in [0.1, 0.15) is 6.29 Å². The van der Waals surface area contributed by atoms with E-state index in [0.717, 1.165) is 18.3 Å². The molecule has 0 N–H and O–H groups in total. The molecule has 1 unspecified atom stereocenters. The summed E-state index contributed by atoms with van der Waals surface area (Å²) in [5.41, 5.74) is 4.86. The minimum absolute atomic E-state index is 0.572. The Kier molecular flexibility index (Phi) is 2.24. The largest absolute Gasteiger partial charge is 0.298 e. The minimum atomic E-state index is 0.572. The summed E-state index contributed by atoms with van der Waals surface area (Å²) in [6.45, 7) is 0. The molecule has 0 radical (unpaired) electrons. The predicted molar refractivity (Wildman–Crippen MR) is 65.4 cm³/mol. The van der Waals surface area contributed by atoms with Crippen molar-refractivity contribution in [2.24, 2.45) is 5.92 Å². The van der Waals surface area contributed by atoms with E-state index in [2.05, 4.69) is 24.3 Å². The number of benzene rings is 1. The van der Waals surface area contributed by atoms with Crippen molar-refractivity contribution in [1.29, 1.82) is 0 Å². The van der Waals surface area contributed by atoms with Crippen LogP contribution in [0.2, 0.25) is 0 Å². The van der Waals surface area contributed by atoms with Crippen LogP contribution in [-0.2, 0) is 6.42 Å². The van der Waals surface area contributed by atoms with Crippen molar-refractivity contribution in [1.82, 2.24) is 0 Å². The van der Waals surface area contributed by atoms with Gasteiger partial charge in [-0.15, -0.1) is 0 Å². The first kappa shape index (κ1) is 9.59. The molecule has 0 saturated carbocycles. The molecule has 80 valence electrons. The first-order chi connectivity index (χ1) is 7.88. The normalized spacial score (nSPS) is 22.0. The third-order valence-electron chi connectivity index (χ3n) is 3.56. The second-order valence-electron chi connectivity index (χ2n) is 4.54. The lowest BCUT2D eigenvalue weighted by Crippen LogP contribution is -1.96. The standard InChI is InChI=1S/C15H14O/c16-10-11-7-8-13-4-1-3-12-5-2-6-14(12)15(13)9-11/h2,5-10,12H,1,3-4H2. The van der Waals surface area contributed by atoms with Crippen molar-refractivity contribution in [2.45, 2.75) is 19.3 Å². The summed E-state index contributed by atoms with van der Waals surface area (Å²) < 4.78 is 0. The molecule has 1 atom stereocenters. The lowest BCUT2D eigenvalue weighted by molar-refractivity contribution is 0.112. The van der Waals surface area contributed by atoms with Gasteiger partial charge in [-0.3, -0.25) is 4.79 Å². The average molecular weight is 210 g/mol. The van der Waals surface area contributed by atoms with Crippen molar-refractivity contribution in [3.8, 4) is 0 Å². The number of fused-ring (bicyclic) bond motifs is 3. The first-order valence-electron chi connectivity index (χ1n) is 5.85. The van der Waals surface area contributed by atoms with Crippen molar-refractivity contribution >= 4 is 11.9 Å². The average Bonchev–Trinajstić information content (AvgIpc) is 2.71. The van der Waals surface area contributed by atoms with Crippen molar-refractivity contribution < 1.29 is 4.79 Å². The predicted octanol–water partition coefficient (Wildman–Crippen LogP) is 3.40. The first-order valence-corrected chi connectivity index (χ1v) is 5.85. The van der Waals surface area contributed by atoms with Crippen LogP contribution in [0.25, 0.3) is 5.57 Å². The highest BCUT2D eigenvalue weighted by Crippen LogP contribution is 2.38. The summed E-state index contributed by atoms with van der Waals surface area (Å²) in [5.74, 6) is 0.572. The van der Waals surface area contributed by atoms with Gasteiger partial charge in [-0.2, -0.15) is 0 Å². The minimum Gasteiger partial charge on any atom is -0.298 e. The summed E-state index contributed by atoms with van der Waals surface area (Å²) in [6.07, 6.45) is 11.1. The van der Waals surface area contributed by atoms with Gasteiger partial charge < -0.3 is 0 Å². The molecule has 0 bridgehead atoms. The number of hydrogen-bond acceptors (Lipinski definition) is 1. The Morgan fingerprint density at radius 1 is 1.31 bits per heavy atom. The fraction of sp³-hybridized carbons (Fsp3) is 0.267. The molecule has 0 saturated heterocycles. The van der Waals surface area contributed by atoms with E-state index in [1.165, 1.54) is 29.5 Å². The van der Waals surface area contributed by atoms with Gasteiger partial charge in [0.05, 0.1) is 0 Å². The van der Waals surface area contributed by atoms with Gasteiger partial charge in [0.15, 0.2) is 0 Å². The number of carbonyl (C=O) groups excluding carboxylic acids is 1. The van der Waals surface area contributed by atoms with E-state index in [4.69, 9.17) is 0 Å². The molecule has 0 spiro atoms. The monoisotopic (exact) mass is 210 g/mol. The molecule has 1 nitrogen and oxygen atoms in total. The van der Waals surface area contributed by atoms with E-state index in [1.54, 1.807) is 0 Å². The van der Waals surface area contributed by atoms with E-state index in [1.807, 2.05) is 12.1 Å². The molecule has 0 heterocycles. The summed E-state index contributed by atoms with van der Waals surface area (Å²) in [7, 11) is 0. The van der Waals surface area contributed by atoms with Crippen molar-refractivity contribution in [3.63, 3.8) is 0 Å². The Morgan fingerprint density at radius 3 is 3.12 bits per heavy atom. The van der Waals surface area contributed by atoms with Crippen LogP contribution in [0.5, 0.6) is 0 Å². The van der Waals surface area contributed by atoms with Crippen molar-refractivity contribution in [2.75, 3.05) is 0 Å². The number of allylic oxidation sites excluding steroid dienone is 4. The van der Waals surface area contributed by atoms with Gasteiger partial charge in [-0.25, -0.2) is 0 Å². The van der Waals surface area contributed by atoms with Crippen LogP contribution in [0.4, 0.5) is 0 Å². The zero-order chi connectivity index (χ0) is 11.0. The van der Waals surface area contributed by atoms with E-state index in [9.17, 15) is 4.79 Å². The van der Waals surface area contributed by atoms with Crippen LogP contribution < -0.4 is 0 Å².